The molecule has 0 heteroatoms. The molecule has 0 aliphatic rings. The number of rotatable bonds is 0. The van der Waals surface area contributed by atoms with E-state index in [0.29, 0.717) is 0 Å². The van der Waals surface area contributed by atoms with Crippen molar-refractivity contribution in [1.29, 1.82) is 0 Å². The number of aryl methyl sites for hydroxylation is 1. The molecule has 0 spiro atoms. The van der Waals surface area contributed by atoms with Gasteiger partial charge in [-0.1, -0.05) is 85.4 Å². The van der Waals surface area contributed by atoms with Crippen molar-refractivity contribution < 1.29 is 0 Å². The lowest BCUT2D eigenvalue weighted by atomic mass is 10.2. The summed E-state index contributed by atoms with van der Waals surface area (Å²) in [5, 5.41) is 0. The molecule has 0 N–H and O–H groups in total. The summed E-state index contributed by atoms with van der Waals surface area (Å²) in [6.07, 6.45) is 0. The van der Waals surface area contributed by atoms with E-state index in [9.17, 15) is 0 Å². The summed E-state index contributed by atoms with van der Waals surface area (Å²) in [6, 6.07) is 10.3. The van der Waals surface area contributed by atoms with Crippen LogP contribution in [0.15, 0.2) is 30.3 Å². The lowest BCUT2D eigenvalue weighted by molar-refractivity contribution is 0.737. The lowest BCUT2D eigenvalue weighted by Gasteiger charge is -1.82. The molecule has 0 unspecified atom stereocenters. The van der Waals surface area contributed by atoms with E-state index in [0.717, 1.165) is 5.92 Å². The molecule has 1 aromatic carbocycles. The molecule has 0 aromatic heterocycles. The van der Waals surface area contributed by atoms with Crippen molar-refractivity contribution in [3.8, 4) is 0 Å². The van der Waals surface area contributed by atoms with Gasteiger partial charge in [-0.05, 0) is 12.8 Å². The maximum absolute atomic E-state index is 2.17. The van der Waals surface area contributed by atoms with Crippen LogP contribution < -0.4 is 0 Å². The van der Waals surface area contributed by atoms with E-state index in [1.165, 1.54) is 5.56 Å². The van der Waals surface area contributed by atoms with Gasteiger partial charge in [0.1, 0.15) is 0 Å². The van der Waals surface area contributed by atoms with Crippen LogP contribution in [-0.2, 0) is 0 Å². The SMILES string of the molecule is C.C.CC.CC(C)C.Cc1ccccc1. The van der Waals surface area contributed by atoms with Crippen molar-refractivity contribution >= 4 is 0 Å². The number of hydrogen-bond donors (Lipinski definition) is 0. The van der Waals surface area contributed by atoms with Crippen molar-refractivity contribution in [3.05, 3.63) is 35.9 Å². The number of hydrogen-bond acceptors (Lipinski definition) is 0. The zero-order chi connectivity index (χ0) is 10.7. The molecule has 0 atom stereocenters. The summed E-state index contributed by atoms with van der Waals surface area (Å²) in [7, 11) is 0. The smallest absolute Gasteiger partial charge is 0.0398 e. The van der Waals surface area contributed by atoms with Crippen LogP contribution >= 0.6 is 0 Å². The van der Waals surface area contributed by atoms with E-state index < -0.39 is 0 Å². The van der Waals surface area contributed by atoms with Crippen molar-refractivity contribution in [2.45, 2.75) is 56.4 Å². The van der Waals surface area contributed by atoms with Crippen molar-refractivity contribution in [2.24, 2.45) is 5.92 Å². The van der Waals surface area contributed by atoms with Gasteiger partial charge < -0.3 is 0 Å². The minimum absolute atomic E-state index is 0. The molecule has 0 nitrogen and oxygen atoms in total. The maximum Gasteiger partial charge on any atom is -0.0398 e. The molecular formula is C15H32. The third-order valence-corrected chi connectivity index (χ3v) is 0.940. The Hall–Kier alpha value is -0.780. The first-order valence-corrected chi connectivity index (χ1v) is 5.14. The van der Waals surface area contributed by atoms with E-state index >= 15 is 0 Å². The Bertz CT molecular complexity index is 160. The highest BCUT2D eigenvalue weighted by Crippen LogP contribution is 1.92. The van der Waals surface area contributed by atoms with Crippen molar-refractivity contribution in [1.82, 2.24) is 0 Å². The Balaban J connectivity index is -0.0000000674. The van der Waals surface area contributed by atoms with Crippen LogP contribution in [0.3, 0.4) is 0 Å². The second kappa shape index (κ2) is 18.9. The number of benzene rings is 1. The predicted octanol–water partition coefficient (Wildman–Crippen LogP) is 5.96. The van der Waals surface area contributed by atoms with Crippen molar-refractivity contribution in [3.63, 3.8) is 0 Å². The first-order valence-electron chi connectivity index (χ1n) is 5.14. The zero-order valence-corrected chi connectivity index (χ0v) is 9.96. The fourth-order valence-corrected chi connectivity index (χ4v) is 0.534. The Labute approximate surface area is 98.7 Å². The van der Waals surface area contributed by atoms with Gasteiger partial charge in [0.25, 0.3) is 0 Å². The molecule has 92 valence electrons. The lowest BCUT2D eigenvalue weighted by Crippen LogP contribution is -1.66. The zero-order valence-electron chi connectivity index (χ0n) is 9.96. The molecule has 0 heterocycles. The van der Waals surface area contributed by atoms with Gasteiger partial charge in [0.15, 0.2) is 0 Å². The summed E-state index contributed by atoms with van der Waals surface area (Å²) in [4.78, 5) is 0. The molecule has 0 saturated carbocycles. The van der Waals surface area contributed by atoms with Crippen LogP contribution in [0.2, 0.25) is 0 Å². The van der Waals surface area contributed by atoms with Gasteiger partial charge in [0.2, 0.25) is 0 Å². The minimum atomic E-state index is 0. The second-order valence-electron chi connectivity index (χ2n) is 3.39. The molecule has 0 amide bonds. The van der Waals surface area contributed by atoms with Crippen molar-refractivity contribution in [2.75, 3.05) is 0 Å². The van der Waals surface area contributed by atoms with Gasteiger partial charge in [-0.25, -0.2) is 0 Å². The molecule has 1 rings (SSSR count). The summed E-state index contributed by atoms with van der Waals surface area (Å²) >= 11 is 0. The molecule has 15 heavy (non-hydrogen) atoms. The van der Waals surface area contributed by atoms with Crippen LogP contribution in [0.4, 0.5) is 0 Å². The van der Waals surface area contributed by atoms with Crippen LogP contribution in [-0.4, -0.2) is 0 Å². The van der Waals surface area contributed by atoms with E-state index in [1.54, 1.807) is 0 Å². The Morgan fingerprint density at radius 3 is 1.20 bits per heavy atom. The topological polar surface area (TPSA) is 0 Å². The molecule has 0 saturated heterocycles. The van der Waals surface area contributed by atoms with Gasteiger partial charge in [0.05, 0.1) is 0 Å². The molecular weight excluding hydrogens is 180 g/mol. The summed E-state index contributed by atoms with van der Waals surface area (Å²) in [5.41, 5.74) is 1.32. The highest BCUT2D eigenvalue weighted by atomic mass is 13.8. The van der Waals surface area contributed by atoms with Gasteiger partial charge in [-0.3, -0.25) is 0 Å². The second-order valence-corrected chi connectivity index (χ2v) is 3.39. The van der Waals surface area contributed by atoms with E-state index in [-0.39, 0.29) is 14.9 Å². The van der Waals surface area contributed by atoms with Crippen LogP contribution in [0.1, 0.15) is 55.0 Å². The van der Waals surface area contributed by atoms with Gasteiger partial charge in [-0.15, -0.1) is 0 Å². The Morgan fingerprint density at radius 2 is 1.07 bits per heavy atom. The van der Waals surface area contributed by atoms with Crippen LogP contribution in [0, 0.1) is 12.8 Å². The molecule has 0 aliphatic heterocycles. The fourth-order valence-electron chi connectivity index (χ4n) is 0.534. The Morgan fingerprint density at radius 1 is 0.800 bits per heavy atom. The normalized spacial score (nSPS) is 6.87. The average Bonchev–Trinajstić information content (AvgIpc) is 2.08. The highest BCUT2D eigenvalue weighted by molar-refractivity contribution is 5.11. The largest absolute Gasteiger partial charge is 0.0776 e. The van der Waals surface area contributed by atoms with Gasteiger partial charge >= 0.3 is 0 Å². The molecule has 0 radical (unpaired) electrons. The first-order chi connectivity index (χ1) is 6.13. The minimum Gasteiger partial charge on any atom is -0.0776 e. The van der Waals surface area contributed by atoms with Gasteiger partial charge in [0, 0.05) is 0 Å². The summed E-state index contributed by atoms with van der Waals surface area (Å²) in [5.74, 6) is 0.833. The first kappa shape index (κ1) is 23.8. The molecule has 0 aliphatic carbocycles. The molecule has 0 fully saturated rings. The predicted molar refractivity (Wildman–Crippen MR) is 76.5 cm³/mol. The van der Waals surface area contributed by atoms with Crippen LogP contribution in [0.5, 0.6) is 0 Å². The summed E-state index contributed by atoms with van der Waals surface area (Å²) < 4.78 is 0. The maximum atomic E-state index is 2.17. The molecule has 0 bridgehead atoms. The highest BCUT2D eigenvalue weighted by Gasteiger charge is 1.72. The van der Waals surface area contributed by atoms with Crippen LogP contribution in [0.25, 0.3) is 0 Å². The Kier molecular flexibility index (Phi) is 30.0. The quantitative estimate of drug-likeness (QED) is 0.498. The summed E-state index contributed by atoms with van der Waals surface area (Å²) in [6.45, 7) is 12.6. The van der Waals surface area contributed by atoms with E-state index in [4.69, 9.17) is 0 Å². The third-order valence-electron chi connectivity index (χ3n) is 0.940. The third kappa shape index (κ3) is 31.9. The fraction of sp³-hybridized carbons (Fsp3) is 0.600. The van der Waals surface area contributed by atoms with E-state index in [1.807, 2.05) is 32.0 Å². The molecule has 1 aromatic rings. The monoisotopic (exact) mass is 212 g/mol. The van der Waals surface area contributed by atoms with Gasteiger partial charge in [-0.2, -0.15) is 0 Å². The average molecular weight is 212 g/mol. The van der Waals surface area contributed by atoms with E-state index in [2.05, 4.69) is 39.8 Å². The standard InChI is InChI=1S/C7H8.C4H10.C2H6.2CH4/c1-7-5-3-2-4-6-7;1-4(2)3;1-2;;/h2-6H,1H3;4H,1-3H3;1-2H3;2*1H4.